The number of nitrogens with one attached hydrogen (secondary N) is 1. The molecule has 0 aliphatic heterocycles. The topological polar surface area (TPSA) is 139 Å². The third-order valence-electron chi connectivity index (χ3n) is 6.34. The van der Waals surface area contributed by atoms with Gasteiger partial charge in [0.2, 0.25) is 16.0 Å². The molecule has 36 heavy (non-hydrogen) atoms. The highest BCUT2D eigenvalue weighted by Gasteiger charge is 2.26. The largest absolute Gasteiger partial charge is 0.508 e. The third-order valence-corrected chi connectivity index (χ3v) is 8.15. The Hall–Kier alpha value is -3.77. The quantitative estimate of drug-likeness (QED) is 0.353. The van der Waals surface area contributed by atoms with Crippen LogP contribution in [0, 0.1) is 5.82 Å². The number of nitrogens with zero attached hydrogens (tertiary/aromatic N) is 5. The molecule has 4 aromatic rings. The van der Waals surface area contributed by atoms with Crippen molar-refractivity contribution < 1.29 is 17.9 Å². The number of fused-ring (bicyclic) bond motifs is 1. The van der Waals surface area contributed by atoms with Gasteiger partial charge in [-0.25, -0.2) is 21.8 Å². The summed E-state index contributed by atoms with van der Waals surface area (Å²) in [5.41, 5.74) is 8.11. The molecule has 0 unspecified atom stereocenters. The number of phenols is 1. The van der Waals surface area contributed by atoms with Gasteiger partial charge in [0.05, 0.1) is 22.0 Å². The number of hydrogen-bond acceptors (Lipinski definition) is 8. The lowest BCUT2D eigenvalue weighted by Crippen LogP contribution is -2.22. The number of benzene rings is 2. The molecule has 1 aliphatic carbocycles. The van der Waals surface area contributed by atoms with Gasteiger partial charge in [0.25, 0.3) is 0 Å². The minimum Gasteiger partial charge on any atom is -0.508 e. The Morgan fingerprint density at radius 1 is 1.14 bits per heavy atom. The molecule has 1 saturated carbocycles. The number of phenolic OH excluding ortho intramolecular Hbond substituents is 1. The van der Waals surface area contributed by atoms with E-state index in [0.29, 0.717) is 22.3 Å². The summed E-state index contributed by atoms with van der Waals surface area (Å²) in [7, 11) is -1.02. The van der Waals surface area contributed by atoms with Crippen molar-refractivity contribution in [3.8, 4) is 17.0 Å². The maximum absolute atomic E-state index is 14.9. The van der Waals surface area contributed by atoms with Gasteiger partial charge in [-0.1, -0.05) is 25.0 Å². The van der Waals surface area contributed by atoms with Crippen molar-refractivity contribution in [3.05, 3.63) is 48.3 Å². The molecule has 0 atom stereocenters. The summed E-state index contributed by atoms with van der Waals surface area (Å²) in [6, 6.07) is 10.4. The lowest BCUT2D eigenvalue weighted by atomic mass is 10.1. The van der Waals surface area contributed by atoms with Gasteiger partial charge in [0.1, 0.15) is 23.1 Å². The van der Waals surface area contributed by atoms with E-state index in [0.717, 1.165) is 36.1 Å². The Balaban J connectivity index is 1.59. The second kappa shape index (κ2) is 9.03. The number of nitrogens with two attached hydrogens (primary N) is 1. The first kappa shape index (κ1) is 23.9. The highest BCUT2D eigenvalue weighted by atomic mass is 32.2. The van der Waals surface area contributed by atoms with E-state index in [1.54, 1.807) is 18.2 Å². The first-order valence-corrected chi connectivity index (χ1v) is 12.9. The van der Waals surface area contributed by atoms with Crippen LogP contribution >= 0.6 is 0 Å². The molecule has 0 spiro atoms. The summed E-state index contributed by atoms with van der Waals surface area (Å²) in [5, 5.41) is 18.2. The molecule has 10 nitrogen and oxygen atoms in total. The van der Waals surface area contributed by atoms with Gasteiger partial charge >= 0.3 is 0 Å². The molecule has 0 bridgehead atoms. The summed E-state index contributed by atoms with van der Waals surface area (Å²) in [5.74, 6) is -0.463. The minimum absolute atomic E-state index is 0.00610. The van der Waals surface area contributed by atoms with Crippen LogP contribution in [0.4, 0.5) is 21.8 Å². The maximum Gasteiger partial charge on any atom is 0.242 e. The average molecular weight is 512 g/mol. The molecule has 0 amide bonds. The molecule has 1 fully saturated rings. The van der Waals surface area contributed by atoms with Crippen LogP contribution in [0.5, 0.6) is 5.75 Å². The van der Waals surface area contributed by atoms with Crippen molar-refractivity contribution in [3.63, 3.8) is 0 Å². The van der Waals surface area contributed by atoms with E-state index in [9.17, 15) is 17.9 Å². The fourth-order valence-corrected chi connectivity index (χ4v) is 5.38. The summed E-state index contributed by atoms with van der Waals surface area (Å²) < 4.78 is 42.4. The van der Waals surface area contributed by atoms with Crippen LogP contribution in [0.25, 0.3) is 22.3 Å². The maximum atomic E-state index is 14.9. The number of aromatic hydroxyl groups is 1. The fraction of sp³-hybridized carbons (Fsp3) is 0.292. The van der Waals surface area contributed by atoms with Crippen LogP contribution in [0.2, 0.25) is 0 Å². The molecular formula is C24H26FN7O3S. The van der Waals surface area contributed by atoms with Gasteiger partial charge < -0.3 is 16.2 Å². The second-order valence-electron chi connectivity index (χ2n) is 8.97. The van der Waals surface area contributed by atoms with E-state index in [-0.39, 0.29) is 34.1 Å². The number of anilines is 3. The normalized spacial score (nSPS) is 14.7. The fourth-order valence-electron chi connectivity index (χ4n) is 4.47. The Kier molecular flexibility index (Phi) is 6.00. The zero-order chi connectivity index (χ0) is 25.6. The van der Waals surface area contributed by atoms with Gasteiger partial charge in [-0.15, -0.1) is 0 Å². The molecule has 12 heteroatoms. The van der Waals surface area contributed by atoms with Crippen molar-refractivity contribution in [2.75, 3.05) is 25.1 Å². The van der Waals surface area contributed by atoms with Crippen LogP contribution < -0.4 is 11.1 Å². The molecule has 2 aromatic carbocycles. The summed E-state index contributed by atoms with van der Waals surface area (Å²) in [4.78, 5) is 8.79. The van der Waals surface area contributed by atoms with Gasteiger partial charge in [-0.05, 0) is 43.2 Å². The van der Waals surface area contributed by atoms with E-state index in [4.69, 9.17) is 10.8 Å². The van der Waals surface area contributed by atoms with Crippen LogP contribution in [0.3, 0.4) is 0 Å². The molecule has 0 saturated heterocycles. The lowest BCUT2D eigenvalue weighted by molar-refractivity contribution is 0.475. The SMILES string of the molecule is CN(C)S(=O)(=O)c1ccc(Nc2nc(N)c3c(-c4cccc(O)c4)nn(C4CCCC4)c3n2)c(F)c1. The zero-order valence-electron chi connectivity index (χ0n) is 19.8. The smallest absolute Gasteiger partial charge is 0.242 e. The Bertz CT molecular complexity index is 1560. The predicted molar refractivity (Wildman–Crippen MR) is 135 cm³/mol. The van der Waals surface area contributed by atoms with Crippen LogP contribution in [0.1, 0.15) is 31.7 Å². The zero-order valence-corrected chi connectivity index (χ0v) is 20.6. The van der Waals surface area contributed by atoms with Crippen molar-refractivity contribution in [1.29, 1.82) is 0 Å². The standard InChI is InChI=1S/C24H26FN7O3S/c1-31(2)36(34,35)17-10-11-19(18(25)13-17)27-24-28-22(26)20-21(14-6-5-9-16(33)12-14)30-32(23(20)29-24)15-7-3-4-8-15/h5-6,9-13,15,33H,3-4,7-8H2,1-2H3,(H3,26,27,28,29). The van der Waals surface area contributed by atoms with Gasteiger partial charge in [-0.3, -0.25) is 0 Å². The molecule has 2 aromatic heterocycles. The molecule has 5 rings (SSSR count). The van der Waals surface area contributed by atoms with E-state index >= 15 is 0 Å². The van der Waals surface area contributed by atoms with E-state index in [2.05, 4.69) is 15.3 Å². The van der Waals surface area contributed by atoms with E-state index < -0.39 is 15.8 Å². The van der Waals surface area contributed by atoms with Gasteiger partial charge in [0.15, 0.2) is 5.65 Å². The minimum atomic E-state index is -3.78. The van der Waals surface area contributed by atoms with Crippen molar-refractivity contribution in [1.82, 2.24) is 24.1 Å². The third kappa shape index (κ3) is 4.22. The van der Waals surface area contributed by atoms with Crippen molar-refractivity contribution in [2.24, 2.45) is 0 Å². The van der Waals surface area contributed by atoms with Gasteiger partial charge in [0, 0.05) is 19.7 Å². The summed E-state index contributed by atoms with van der Waals surface area (Å²) in [6.07, 6.45) is 4.04. The molecule has 4 N–H and O–H groups in total. The van der Waals surface area contributed by atoms with Crippen LogP contribution in [-0.4, -0.2) is 51.7 Å². The number of rotatable bonds is 6. The highest BCUT2D eigenvalue weighted by Crippen LogP contribution is 2.38. The van der Waals surface area contributed by atoms with Crippen LogP contribution in [0.15, 0.2) is 47.4 Å². The molecule has 1 aliphatic rings. The number of sulfonamides is 1. The second-order valence-corrected chi connectivity index (χ2v) is 11.1. The molecular weight excluding hydrogens is 485 g/mol. The summed E-state index contributed by atoms with van der Waals surface area (Å²) in [6.45, 7) is 0. The average Bonchev–Trinajstić information content (AvgIpc) is 3.48. The van der Waals surface area contributed by atoms with Crippen molar-refractivity contribution in [2.45, 2.75) is 36.6 Å². The van der Waals surface area contributed by atoms with E-state index in [1.165, 1.54) is 26.2 Å². The van der Waals surface area contributed by atoms with Gasteiger partial charge in [-0.2, -0.15) is 15.1 Å². The first-order valence-electron chi connectivity index (χ1n) is 11.5. The predicted octanol–water partition coefficient (Wildman–Crippen LogP) is 4.03. The lowest BCUT2D eigenvalue weighted by Gasteiger charge is -2.13. The Morgan fingerprint density at radius 2 is 1.89 bits per heavy atom. The Morgan fingerprint density at radius 3 is 2.56 bits per heavy atom. The molecule has 0 radical (unpaired) electrons. The number of halogens is 1. The van der Waals surface area contributed by atoms with E-state index in [1.807, 2.05) is 10.7 Å². The number of nitrogen functional groups attached to an aromatic ring is 1. The molecule has 2 heterocycles. The highest BCUT2D eigenvalue weighted by molar-refractivity contribution is 7.89. The number of hydrogen-bond donors (Lipinski definition) is 3. The Labute approximate surface area is 207 Å². The summed E-state index contributed by atoms with van der Waals surface area (Å²) >= 11 is 0. The number of aromatic nitrogens is 4. The van der Waals surface area contributed by atoms with Crippen LogP contribution in [-0.2, 0) is 10.0 Å². The van der Waals surface area contributed by atoms with Crippen molar-refractivity contribution >= 4 is 38.5 Å². The molecule has 188 valence electrons. The monoisotopic (exact) mass is 511 g/mol. The first-order chi connectivity index (χ1) is 17.1.